The smallest absolute Gasteiger partial charge is 0.286 e. The minimum Gasteiger partial charge on any atom is -0.493 e. The first-order valence-corrected chi connectivity index (χ1v) is 9.14. The Balaban J connectivity index is 2.17. The molecular weight excluding hydrogens is 372 g/mol. The number of methoxy groups -OCH3 is 2. The first-order valence-electron chi connectivity index (χ1n) is 7.91. The lowest BCUT2D eigenvalue weighted by Gasteiger charge is -2.14. The molecule has 0 bridgehead atoms. The van der Waals surface area contributed by atoms with Crippen LogP contribution in [0.3, 0.4) is 0 Å². The molecule has 0 saturated heterocycles. The van der Waals surface area contributed by atoms with E-state index in [0.717, 1.165) is 11.0 Å². The fourth-order valence-electron chi connectivity index (χ4n) is 2.43. The number of benzene rings is 2. The predicted octanol–water partition coefficient (Wildman–Crippen LogP) is 2.80. The van der Waals surface area contributed by atoms with Gasteiger partial charge in [-0.3, -0.25) is 14.9 Å². The van der Waals surface area contributed by atoms with Crippen LogP contribution in [0.1, 0.15) is 22.0 Å². The largest absolute Gasteiger partial charge is 0.493 e. The van der Waals surface area contributed by atoms with Crippen molar-refractivity contribution in [3.63, 3.8) is 0 Å². The summed E-state index contributed by atoms with van der Waals surface area (Å²) in [5, 5.41) is 24.0. The van der Waals surface area contributed by atoms with E-state index in [2.05, 4.69) is 5.32 Å². The summed E-state index contributed by atoms with van der Waals surface area (Å²) in [6.07, 6.45) is 1.01. The zero-order valence-electron chi connectivity index (χ0n) is 15.1. The number of hydrogen-bond donors (Lipinski definition) is 2. The zero-order valence-corrected chi connectivity index (χ0v) is 15.9. The Bertz CT molecular complexity index is 825. The second-order valence-corrected chi connectivity index (χ2v) is 6.36. The highest BCUT2D eigenvalue weighted by molar-refractivity contribution is 7.98. The van der Waals surface area contributed by atoms with Gasteiger partial charge in [0.25, 0.3) is 11.6 Å². The van der Waals surface area contributed by atoms with Crippen molar-refractivity contribution in [2.24, 2.45) is 0 Å². The van der Waals surface area contributed by atoms with E-state index in [1.165, 1.54) is 20.3 Å². The summed E-state index contributed by atoms with van der Waals surface area (Å²) in [6, 6.07) is 9.63. The van der Waals surface area contributed by atoms with Crippen LogP contribution in [-0.2, 0) is 0 Å². The van der Waals surface area contributed by atoms with Crippen molar-refractivity contribution in [3.05, 3.63) is 57.6 Å². The Labute approximate surface area is 160 Å². The topological polar surface area (TPSA) is 111 Å². The standard InChI is InChI=1S/C18H20N2O6S/c1-25-16-8-13(14(20(23)24)9-17(16)26-2)18(22)19-10-15(21)11-4-6-12(27-3)7-5-11/h4-9,15,21H,10H2,1-3H3,(H,19,22). The molecule has 0 aliphatic carbocycles. The van der Waals surface area contributed by atoms with Gasteiger partial charge in [0.1, 0.15) is 5.56 Å². The Morgan fingerprint density at radius 2 is 1.81 bits per heavy atom. The van der Waals surface area contributed by atoms with E-state index in [1.807, 2.05) is 18.4 Å². The summed E-state index contributed by atoms with van der Waals surface area (Å²) >= 11 is 1.58. The number of hydrogen-bond acceptors (Lipinski definition) is 7. The van der Waals surface area contributed by atoms with Crippen LogP contribution in [0.25, 0.3) is 0 Å². The number of nitrogens with zero attached hydrogens (tertiary/aromatic N) is 1. The van der Waals surface area contributed by atoms with Gasteiger partial charge in [0, 0.05) is 17.5 Å². The Hall–Kier alpha value is -2.78. The SMILES string of the molecule is COc1cc(C(=O)NCC(O)c2ccc(SC)cc2)c([N+](=O)[O-])cc1OC. The number of aliphatic hydroxyl groups excluding tert-OH is 1. The molecule has 1 atom stereocenters. The van der Waals surface area contributed by atoms with Gasteiger partial charge in [-0.15, -0.1) is 11.8 Å². The third kappa shape index (κ3) is 4.89. The van der Waals surface area contributed by atoms with E-state index >= 15 is 0 Å². The molecule has 27 heavy (non-hydrogen) atoms. The number of nitrogens with one attached hydrogen (secondary N) is 1. The summed E-state index contributed by atoms with van der Waals surface area (Å²) < 4.78 is 10.1. The van der Waals surface area contributed by atoms with Crippen LogP contribution in [0.4, 0.5) is 5.69 Å². The fourth-order valence-corrected chi connectivity index (χ4v) is 2.84. The van der Waals surface area contributed by atoms with Gasteiger partial charge in [0.15, 0.2) is 11.5 Å². The molecule has 9 heteroatoms. The van der Waals surface area contributed by atoms with Crippen LogP contribution in [0.2, 0.25) is 0 Å². The van der Waals surface area contributed by atoms with Gasteiger partial charge >= 0.3 is 0 Å². The molecule has 0 aliphatic heterocycles. The molecule has 2 rings (SSSR count). The molecular formula is C18H20N2O6S. The summed E-state index contributed by atoms with van der Waals surface area (Å²) in [4.78, 5) is 24.1. The molecule has 0 heterocycles. The van der Waals surface area contributed by atoms with E-state index in [4.69, 9.17) is 9.47 Å². The van der Waals surface area contributed by atoms with Crippen molar-refractivity contribution in [2.45, 2.75) is 11.0 Å². The number of aliphatic hydroxyl groups is 1. The molecule has 0 aliphatic rings. The van der Waals surface area contributed by atoms with Crippen molar-refractivity contribution in [2.75, 3.05) is 27.0 Å². The average Bonchev–Trinajstić information content (AvgIpc) is 2.70. The molecule has 0 spiro atoms. The molecule has 0 aromatic heterocycles. The van der Waals surface area contributed by atoms with Crippen LogP contribution >= 0.6 is 11.8 Å². The number of rotatable bonds is 8. The quantitative estimate of drug-likeness (QED) is 0.404. The van der Waals surface area contributed by atoms with Gasteiger partial charge in [-0.1, -0.05) is 12.1 Å². The lowest BCUT2D eigenvalue weighted by molar-refractivity contribution is -0.385. The van der Waals surface area contributed by atoms with Crippen LogP contribution in [0.15, 0.2) is 41.3 Å². The van der Waals surface area contributed by atoms with Crippen LogP contribution < -0.4 is 14.8 Å². The van der Waals surface area contributed by atoms with E-state index < -0.39 is 22.6 Å². The zero-order chi connectivity index (χ0) is 20.0. The number of carbonyl (C=O) groups is 1. The van der Waals surface area contributed by atoms with E-state index in [0.29, 0.717) is 5.56 Å². The highest BCUT2D eigenvalue weighted by Gasteiger charge is 2.25. The number of ether oxygens (including phenoxy) is 2. The minimum absolute atomic E-state index is 0.0943. The maximum absolute atomic E-state index is 12.4. The van der Waals surface area contributed by atoms with Crippen molar-refractivity contribution < 1.29 is 24.3 Å². The highest BCUT2D eigenvalue weighted by Crippen LogP contribution is 2.34. The minimum atomic E-state index is -0.941. The van der Waals surface area contributed by atoms with Crippen molar-refractivity contribution in [3.8, 4) is 11.5 Å². The molecule has 2 aromatic rings. The van der Waals surface area contributed by atoms with Gasteiger partial charge in [-0.25, -0.2) is 0 Å². The monoisotopic (exact) mass is 392 g/mol. The second kappa shape index (κ2) is 9.24. The first-order chi connectivity index (χ1) is 12.9. The molecule has 1 unspecified atom stereocenters. The lowest BCUT2D eigenvalue weighted by atomic mass is 10.1. The maximum Gasteiger partial charge on any atom is 0.286 e. The van der Waals surface area contributed by atoms with Gasteiger partial charge in [-0.2, -0.15) is 0 Å². The van der Waals surface area contributed by atoms with Crippen molar-refractivity contribution in [1.82, 2.24) is 5.32 Å². The van der Waals surface area contributed by atoms with E-state index in [1.54, 1.807) is 23.9 Å². The van der Waals surface area contributed by atoms with Gasteiger partial charge in [0.2, 0.25) is 0 Å². The summed E-state index contributed by atoms with van der Waals surface area (Å²) in [6.45, 7) is -0.0943. The van der Waals surface area contributed by atoms with E-state index in [9.17, 15) is 20.0 Å². The third-order valence-electron chi connectivity index (χ3n) is 3.90. The first kappa shape index (κ1) is 20.5. The number of carbonyl (C=O) groups excluding carboxylic acids is 1. The Morgan fingerprint density at radius 1 is 1.22 bits per heavy atom. The van der Waals surface area contributed by atoms with Crippen LogP contribution in [0.5, 0.6) is 11.5 Å². The summed E-state index contributed by atoms with van der Waals surface area (Å²) in [5.74, 6) is -0.349. The number of thioether (sulfide) groups is 1. The molecule has 2 aromatic carbocycles. The average molecular weight is 392 g/mol. The molecule has 1 amide bonds. The van der Waals surface area contributed by atoms with Crippen molar-refractivity contribution >= 4 is 23.4 Å². The molecule has 0 radical (unpaired) electrons. The Morgan fingerprint density at radius 3 is 2.33 bits per heavy atom. The normalized spacial score (nSPS) is 11.6. The molecule has 2 N–H and O–H groups in total. The summed E-state index contributed by atoms with van der Waals surface area (Å²) in [5.41, 5.74) is 0.0430. The molecule has 0 fully saturated rings. The van der Waals surface area contributed by atoms with Gasteiger partial charge in [-0.05, 0) is 24.0 Å². The highest BCUT2D eigenvalue weighted by atomic mass is 32.2. The second-order valence-electron chi connectivity index (χ2n) is 5.48. The van der Waals surface area contributed by atoms with Gasteiger partial charge < -0.3 is 19.9 Å². The Kier molecular flexibility index (Phi) is 7.03. The fraction of sp³-hybridized carbons (Fsp3) is 0.278. The lowest BCUT2D eigenvalue weighted by Crippen LogP contribution is -2.29. The maximum atomic E-state index is 12.4. The molecule has 0 saturated carbocycles. The van der Waals surface area contributed by atoms with Crippen molar-refractivity contribution in [1.29, 1.82) is 0 Å². The molecule has 8 nitrogen and oxygen atoms in total. The van der Waals surface area contributed by atoms with Crippen LogP contribution in [-0.4, -0.2) is 43.0 Å². The number of nitro benzene ring substituents is 1. The van der Waals surface area contributed by atoms with Crippen LogP contribution in [0, 0.1) is 10.1 Å². The predicted molar refractivity (Wildman–Crippen MR) is 102 cm³/mol. The van der Waals surface area contributed by atoms with E-state index in [-0.39, 0.29) is 23.6 Å². The number of nitro groups is 1. The van der Waals surface area contributed by atoms with Gasteiger partial charge in [0.05, 0.1) is 31.3 Å². The number of amides is 1. The summed E-state index contributed by atoms with van der Waals surface area (Å²) in [7, 11) is 2.72. The third-order valence-corrected chi connectivity index (χ3v) is 4.64. The molecule has 144 valence electrons.